The van der Waals surface area contributed by atoms with Crippen LogP contribution >= 0.6 is 35.7 Å². The largest absolute Gasteiger partial charge is 0.357 e. The second kappa shape index (κ2) is 10.5. The molecule has 1 amide bonds. The van der Waals surface area contributed by atoms with E-state index in [2.05, 4.69) is 34.8 Å². The SMILES string of the molecule is CCNC(=NCC1(C)CCCS1)NCCNC(C)=O.I. The number of thioether (sulfide) groups is 1. The zero-order valence-electron chi connectivity index (χ0n) is 12.6. The van der Waals surface area contributed by atoms with Crippen molar-refractivity contribution in [2.24, 2.45) is 4.99 Å². The molecule has 0 spiro atoms. The van der Waals surface area contributed by atoms with E-state index in [1.807, 2.05) is 11.8 Å². The van der Waals surface area contributed by atoms with Crippen LogP contribution in [0.4, 0.5) is 0 Å². The van der Waals surface area contributed by atoms with Crippen LogP contribution in [0.3, 0.4) is 0 Å². The summed E-state index contributed by atoms with van der Waals surface area (Å²) in [6.45, 7) is 8.85. The Hall–Kier alpha value is -0.180. The molecule has 0 aliphatic carbocycles. The summed E-state index contributed by atoms with van der Waals surface area (Å²) in [7, 11) is 0. The number of nitrogens with one attached hydrogen (secondary N) is 3. The van der Waals surface area contributed by atoms with E-state index in [4.69, 9.17) is 0 Å². The van der Waals surface area contributed by atoms with E-state index >= 15 is 0 Å². The molecule has 1 saturated heterocycles. The summed E-state index contributed by atoms with van der Waals surface area (Å²) in [5, 5.41) is 9.22. The lowest BCUT2D eigenvalue weighted by Crippen LogP contribution is -2.42. The van der Waals surface area contributed by atoms with Gasteiger partial charge in [0.1, 0.15) is 0 Å². The zero-order chi connectivity index (χ0) is 14.1. The topological polar surface area (TPSA) is 65.5 Å². The van der Waals surface area contributed by atoms with Crippen molar-refractivity contribution >= 4 is 47.6 Å². The van der Waals surface area contributed by atoms with E-state index in [0.29, 0.717) is 17.8 Å². The van der Waals surface area contributed by atoms with E-state index in [9.17, 15) is 4.79 Å². The van der Waals surface area contributed by atoms with Crippen LogP contribution in [0.2, 0.25) is 0 Å². The fraction of sp³-hybridized carbons (Fsp3) is 0.846. The predicted molar refractivity (Wildman–Crippen MR) is 98.2 cm³/mol. The summed E-state index contributed by atoms with van der Waals surface area (Å²) in [6.07, 6.45) is 2.54. The van der Waals surface area contributed by atoms with Crippen molar-refractivity contribution in [2.45, 2.75) is 38.4 Å². The molecule has 5 nitrogen and oxygen atoms in total. The van der Waals surface area contributed by atoms with Crippen molar-refractivity contribution in [3.8, 4) is 0 Å². The molecule has 0 aromatic heterocycles. The molecule has 1 rings (SSSR count). The van der Waals surface area contributed by atoms with Crippen LogP contribution in [0.25, 0.3) is 0 Å². The van der Waals surface area contributed by atoms with Crippen molar-refractivity contribution in [3.05, 3.63) is 0 Å². The van der Waals surface area contributed by atoms with E-state index < -0.39 is 0 Å². The lowest BCUT2D eigenvalue weighted by Gasteiger charge is -2.21. The first-order valence-electron chi connectivity index (χ1n) is 6.96. The van der Waals surface area contributed by atoms with Gasteiger partial charge in [0.2, 0.25) is 5.91 Å². The maximum absolute atomic E-state index is 10.8. The Labute approximate surface area is 143 Å². The molecule has 7 heteroatoms. The number of carbonyl (C=O) groups excluding carboxylic acids is 1. The van der Waals surface area contributed by atoms with E-state index in [0.717, 1.165) is 19.0 Å². The van der Waals surface area contributed by atoms with Crippen LogP contribution in [0.1, 0.15) is 33.6 Å². The third-order valence-corrected chi connectivity index (χ3v) is 4.53. The minimum atomic E-state index is -0.00129. The molecular formula is C13H27IN4OS. The van der Waals surface area contributed by atoms with Crippen LogP contribution in [-0.2, 0) is 4.79 Å². The molecule has 118 valence electrons. The number of guanidine groups is 1. The molecule has 1 unspecified atom stereocenters. The molecule has 1 heterocycles. The monoisotopic (exact) mass is 414 g/mol. The third kappa shape index (κ3) is 8.18. The van der Waals surface area contributed by atoms with Crippen LogP contribution < -0.4 is 16.0 Å². The molecule has 1 aliphatic rings. The molecule has 0 radical (unpaired) electrons. The maximum atomic E-state index is 10.8. The van der Waals surface area contributed by atoms with E-state index in [-0.39, 0.29) is 29.9 Å². The Morgan fingerprint density at radius 3 is 2.55 bits per heavy atom. The normalized spacial score (nSPS) is 22.1. The summed E-state index contributed by atoms with van der Waals surface area (Å²) in [4.78, 5) is 15.4. The summed E-state index contributed by atoms with van der Waals surface area (Å²) < 4.78 is 0.292. The van der Waals surface area contributed by atoms with Gasteiger partial charge in [0.15, 0.2) is 5.96 Å². The fourth-order valence-electron chi connectivity index (χ4n) is 1.97. The minimum Gasteiger partial charge on any atom is -0.357 e. The first-order valence-corrected chi connectivity index (χ1v) is 7.95. The summed E-state index contributed by atoms with van der Waals surface area (Å²) in [5.74, 6) is 2.08. The van der Waals surface area contributed by atoms with Gasteiger partial charge in [0.25, 0.3) is 0 Å². The van der Waals surface area contributed by atoms with Crippen LogP contribution in [0.15, 0.2) is 4.99 Å². The lowest BCUT2D eigenvalue weighted by atomic mass is 10.1. The molecular weight excluding hydrogens is 387 g/mol. The highest BCUT2D eigenvalue weighted by Gasteiger charge is 2.29. The van der Waals surface area contributed by atoms with Gasteiger partial charge in [-0.25, -0.2) is 0 Å². The number of hydrogen-bond donors (Lipinski definition) is 3. The predicted octanol–water partition coefficient (Wildman–Crippen LogP) is 1.58. The summed E-state index contributed by atoms with van der Waals surface area (Å²) in [5.41, 5.74) is 0. The van der Waals surface area contributed by atoms with Gasteiger partial charge in [-0.3, -0.25) is 9.79 Å². The second-order valence-electron chi connectivity index (χ2n) is 5.01. The fourth-order valence-corrected chi connectivity index (χ4v) is 3.20. The van der Waals surface area contributed by atoms with Gasteiger partial charge in [0.05, 0.1) is 6.54 Å². The van der Waals surface area contributed by atoms with E-state index in [1.54, 1.807) is 0 Å². The number of halogens is 1. The molecule has 0 bridgehead atoms. The number of amides is 1. The van der Waals surface area contributed by atoms with E-state index in [1.165, 1.54) is 25.5 Å². The number of carbonyl (C=O) groups is 1. The Kier molecular flexibility index (Phi) is 10.4. The number of hydrogen-bond acceptors (Lipinski definition) is 3. The molecule has 0 saturated carbocycles. The Morgan fingerprint density at radius 2 is 2.00 bits per heavy atom. The number of nitrogens with zero attached hydrogens (tertiary/aromatic N) is 1. The minimum absolute atomic E-state index is 0. The second-order valence-corrected chi connectivity index (χ2v) is 6.69. The van der Waals surface area contributed by atoms with Gasteiger partial charge in [-0.1, -0.05) is 0 Å². The van der Waals surface area contributed by atoms with Crippen LogP contribution in [-0.4, -0.2) is 48.5 Å². The molecule has 1 fully saturated rings. The smallest absolute Gasteiger partial charge is 0.216 e. The number of rotatable bonds is 6. The molecule has 0 aromatic rings. The first kappa shape index (κ1) is 19.8. The van der Waals surface area contributed by atoms with Crippen molar-refractivity contribution in [1.29, 1.82) is 0 Å². The van der Waals surface area contributed by atoms with Crippen molar-refractivity contribution in [1.82, 2.24) is 16.0 Å². The van der Waals surface area contributed by atoms with Crippen molar-refractivity contribution < 1.29 is 4.79 Å². The molecule has 1 atom stereocenters. The van der Waals surface area contributed by atoms with Gasteiger partial charge < -0.3 is 16.0 Å². The standard InChI is InChI=1S/C13H26N4OS.HI/c1-4-14-12(16-8-7-15-11(2)18)17-10-13(3)6-5-9-19-13;/h4-10H2,1-3H3,(H,15,18)(H2,14,16,17);1H. The molecule has 1 aliphatic heterocycles. The highest BCUT2D eigenvalue weighted by molar-refractivity contribution is 14.0. The van der Waals surface area contributed by atoms with Gasteiger partial charge >= 0.3 is 0 Å². The van der Waals surface area contributed by atoms with Crippen molar-refractivity contribution in [3.63, 3.8) is 0 Å². The van der Waals surface area contributed by atoms with Crippen LogP contribution in [0.5, 0.6) is 0 Å². The van der Waals surface area contributed by atoms with Gasteiger partial charge in [-0.2, -0.15) is 11.8 Å². The highest BCUT2D eigenvalue weighted by atomic mass is 127. The summed E-state index contributed by atoms with van der Waals surface area (Å²) >= 11 is 2.02. The molecule has 20 heavy (non-hydrogen) atoms. The van der Waals surface area contributed by atoms with Gasteiger partial charge in [0, 0.05) is 31.3 Å². The quantitative estimate of drug-likeness (QED) is 0.267. The average Bonchev–Trinajstić information content (AvgIpc) is 2.78. The van der Waals surface area contributed by atoms with Gasteiger partial charge in [-0.15, -0.1) is 24.0 Å². The molecule has 3 N–H and O–H groups in total. The maximum Gasteiger partial charge on any atom is 0.216 e. The average molecular weight is 414 g/mol. The lowest BCUT2D eigenvalue weighted by molar-refractivity contribution is -0.118. The third-order valence-electron chi connectivity index (χ3n) is 3.01. The van der Waals surface area contributed by atoms with Crippen LogP contribution in [0, 0.1) is 0 Å². The number of aliphatic imine (C=N–C) groups is 1. The van der Waals surface area contributed by atoms with Gasteiger partial charge in [-0.05, 0) is 32.4 Å². The zero-order valence-corrected chi connectivity index (χ0v) is 15.8. The summed E-state index contributed by atoms with van der Waals surface area (Å²) in [6, 6.07) is 0. The Bertz CT molecular complexity index is 319. The highest BCUT2D eigenvalue weighted by Crippen LogP contribution is 2.37. The Balaban J connectivity index is 0.00000361. The van der Waals surface area contributed by atoms with Crippen molar-refractivity contribution in [2.75, 3.05) is 31.9 Å². The Morgan fingerprint density at radius 1 is 1.30 bits per heavy atom. The first-order chi connectivity index (χ1) is 9.06. The molecule has 0 aromatic carbocycles.